The molecule has 2 N–H and O–H groups in total. The lowest BCUT2D eigenvalue weighted by Gasteiger charge is -2.27. The number of hydrogen-bond acceptors (Lipinski definition) is 5. The molecule has 6 heteroatoms. The fourth-order valence-electron chi connectivity index (χ4n) is 1.86. The molecule has 94 valence electrons. The fraction of sp³-hybridized carbons (Fsp3) is 0.545. The Bertz CT molecular complexity index is 456. The molecule has 0 aliphatic carbocycles. The molecule has 0 amide bonds. The Hall–Kier alpha value is -1.14. The average Bonchev–Trinajstić information content (AvgIpc) is 2.31. The van der Waals surface area contributed by atoms with Crippen LogP contribution in [0.2, 0.25) is 0 Å². The molecule has 2 heterocycles. The SMILES string of the molecule is NCCc1ccc(N2CCS(=O)(=O)CC2)nc1. The van der Waals surface area contributed by atoms with Crippen LogP contribution in [0.4, 0.5) is 5.82 Å². The highest BCUT2D eigenvalue weighted by molar-refractivity contribution is 7.91. The fourth-order valence-corrected chi connectivity index (χ4v) is 3.06. The Kier molecular flexibility index (Phi) is 3.63. The Morgan fingerprint density at radius 3 is 2.53 bits per heavy atom. The maximum atomic E-state index is 11.3. The summed E-state index contributed by atoms with van der Waals surface area (Å²) in [5.41, 5.74) is 6.58. The zero-order valence-electron chi connectivity index (χ0n) is 9.67. The highest BCUT2D eigenvalue weighted by Gasteiger charge is 2.22. The van der Waals surface area contributed by atoms with Gasteiger partial charge in [0.05, 0.1) is 11.5 Å². The highest BCUT2D eigenvalue weighted by atomic mass is 32.2. The standard InChI is InChI=1S/C11H17N3O2S/c12-4-3-10-1-2-11(13-9-10)14-5-7-17(15,16)8-6-14/h1-2,9H,3-8,12H2. The largest absolute Gasteiger partial charge is 0.355 e. The summed E-state index contributed by atoms with van der Waals surface area (Å²) < 4.78 is 22.6. The van der Waals surface area contributed by atoms with Crippen LogP contribution in [0.15, 0.2) is 18.3 Å². The van der Waals surface area contributed by atoms with E-state index in [0.717, 1.165) is 17.8 Å². The molecular weight excluding hydrogens is 238 g/mol. The number of nitrogens with two attached hydrogens (primary N) is 1. The molecular formula is C11H17N3O2S. The molecule has 0 atom stereocenters. The summed E-state index contributed by atoms with van der Waals surface area (Å²) in [7, 11) is -2.83. The Balaban J connectivity index is 2.03. The number of hydrogen-bond donors (Lipinski definition) is 1. The quantitative estimate of drug-likeness (QED) is 0.810. The van der Waals surface area contributed by atoms with E-state index >= 15 is 0 Å². The smallest absolute Gasteiger partial charge is 0.153 e. The van der Waals surface area contributed by atoms with Crippen LogP contribution in [0.1, 0.15) is 5.56 Å². The molecule has 0 unspecified atom stereocenters. The van der Waals surface area contributed by atoms with Crippen LogP contribution >= 0.6 is 0 Å². The molecule has 1 saturated heterocycles. The van der Waals surface area contributed by atoms with Gasteiger partial charge in [0.2, 0.25) is 0 Å². The van der Waals surface area contributed by atoms with E-state index in [1.165, 1.54) is 0 Å². The second-order valence-electron chi connectivity index (χ2n) is 4.20. The maximum Gasteiger partial charge on any atom is 0.153 e. The molecule has 1 aromatic rings. The zero-order valence-corrected chi connectivity index (χ0v) is 10.5. The molecule has 0 aromatic carbocycles. The molecule has 2 rings (SSSR count). The van der Waals surface area contributed by atoms with E-state index in [4.69, 9.17) is 5.73 Å². The minimum atomic E-state index is -2.83. The molecule has 1 fully saturated rings. The van der Waals surface area contributed by atoms with Gasteiger partial charge in [-0.3, -0.25) is 0 Å². The molecule has 0 saturated carbocycles. The molecule has 17 heavy (non-hydrogen) atoms. The number of rotatable bonds is 3. The van der Waals surface area contributed by atoms with Crippen molar-refractivity contribution in [3.05, 3.63) is 23.9 Å². The van der Waals surface area contributed by atoms with E-state index in [2.05, 4.69) is 4.98 Å². The minimum absolute atomic E-state index is 0.221. The third-order valence-electron chi connectivity index (χ3n) is 2.91. The number of anilines is 1. The molecule has 5 nitrogen and oxygen atoms in total. The number of nitrogens with zero attached hydrogens (tertiary/aromatic N) is 2. The van der Waals surface area contributed by atoms with Crippen molar-refractivity contribution in [2.24, 2.45) is 5.73 Å². The summed E-state index contributed by atoms with van der Waals surface area (Å²) in [4.78, 5) is 6.35. The van der Waals surface area contributed by atoms with Crippen LogP contribution in [-0.4, -0.2) is 44.5 Å². The van der Waals surface area contributed by atoms with Crippen molar-refractivity contribution >= 4 is 15.7 Å². The van der Waals surface area contributed by atoms with Crippen molar-refractivity contribution in [2.75, 3.05) is 36.0 Å². The van der Waals surface area contributed by atoms with Crippen molar-refractivity contribution in [3.8, 4) is 0 Å². The number of sulfone groups is 1. The van der Waals surface area contributed by atoms with Crippen LogP contribution in [0.5, 0.6) is 0 Å². The van der Waals surface area contributed by atoms with E-state index in [1.54, 1.807) is 0 Å². The van der Waals surface area contributed by atoms with E-state index < -0.39 is 9.84 Å². The first kappa shape index (κ1) is 12.3. The van der Waals surface area contributed by atoms with Crippen LogP contribution in [0, 0.1) is 0 Å². The first-order valence-electron chi connectivity index (χ1n) is 5.71. The number of aromatic nitrogens is 1. The topological polar surface area (TPSA) is 76.3 Å². The van der Waals surface area contributed by atoms with Gasteiger partial charge in [-0.05, 0) is 24.6 Å². The first-order valence-corrected chi connectivity index (χ1v) is 7.53. The lowest BCUT2D eigenvalue weighted by molar-refractivity contribution is 0.586. The van der Waals surface area contributed by atoms with Gasteiger partial charge in [0.15, 0.2) is 9.84 Å². The predicted octanol–water partition coefficient (Wildman–Crippen LogP) is -0.182. The Labute approximate surface area is 102 Å². The molecule has 0 bridgehead atoms. The van der Waals surface area contributed by atoms with Gasteiger partial charge in [0.25, 0.3) is 0 Å². The average molecular weight is 255 g/mol. The Morgan fingerprint density at radius 1 is 1.29 bits per heavy atom. The second-order valence-corrected chi connectivity index (χ2v) is 6.51. The third kappa shape index (κ3) is 3.17. The lowest BCUT2D eigenvalue weighted by Crippen LogP contribution is -2.40. The molecule has 1 aromatic heterocycles. The van der Waals surface area contributed by atoms with Gasteiger partial charge in [-0.25, -0.2) is 13.4 Å². The summed E-state index contributed by atoms with van der Waals surface area (Å²) in [5, 5.41) is 0. The summed E-state index contributed by atoms with van der Waals surface area (Å²) in [6.07, 6.45) is 2.63. The van der Waals surface area contributed by atoms with Crippen LogP contribution in [0.3, 0.4) is 0 Å². The van der Waals surface area contributed by atoms with Gasteiger partial charge in [-0.2, -0.15) is 0 Å². The van der Waals surface area contributed by atoms with E-state index in [0.29, 0.717) is 19.6 Å². The summed E-state index contributed by atoms with van der Waals surface area (Å²) >= 11 is 0. The van der Waals surface area contributed by atoms with Gasteiger partial charge in [0.1, 0.15) is 5.82 Å². The van der Waals surface area contributed by atoms with E-state index in [9.17, 15) is 8.42 Å². The summed E-state index contributed by atoms with van der Waals surface area (Å²) in [6, 6.07) is 3.93. The monoisotopic (exact) mass is 255 g/mol. The maximum absolute atomic E-state index is 11.3. The summed E-state index contributed by atoms with van der Waals surface area (Å²) in [6.45, 7) is 1.68. The number of pyridine rings is 1. The van der Waals surface area contributed by atoms with Gasteiger partial charge in [-0.1, -0.05) is 6.07 Å². The predicted molar refractivity (Wildman–Crippen MR) is 67.9 cm³/mol. The van der Waals surface area contributed by atoms with E-state index in [-0.39, 0.29) is 11.5 Å². The van der Waals surface area contributed by atoms with Gasteiger partial charge in [-0.15, -0.1) is 0 Å². The van der Waals surface area contributed by atoms with Gasteiger partial charge < -0.3 is 10.6 Å². The van der Waals surface area contributed by atoms with Crippen molar-refractivity contribution in [1.29, 1.82) is 0 Å². The van der Waals surface area contributed by atoms with Crippen LogP contribution in [0.25, 0.3) is 0 Å². The van der Waals surface area contributed by atoms with Gasteiger partial charge in [0, 0.05) is 19.3 Å². The van der Waals surface area contributed by atoms with Crippen molar-refractivity contribution in [3.63, 3.8) is 0 Å². The molecule has 1 aliphatic heterocycles. The highest BCUT2D eigenvalue weighted by Crippen LogP contribution is 2.14. The molecule has 0 radical (unpaired) electrons. The minimum Gasteiger partial charge on any atom is -0.355 e. The van der Waals surface area contributed by atoms with E-state index in [1.807, 2.05) is 23.2 Å². The summed E-state index contributed by atoms with van der Waals surface area (Å²) in [5.74, 6) is 1.29. The van der Waals surface area contributed by atoms with Gasteiger partial charge >= 0.3 is 0 Å². The third-order valence-corrected chi connectivity index (χ3v) is 4.52. The van der Waals surface area contributed by atoms with Crippen molar-refractivity contribution in [1.82, 2.24) is 4.98 Å². The van der Waals surface area contributed by atoms with Crippen molar-refractivity contribution in [2.45, 2.75) is 6.42 Å². The zero-order chi connectivity index (χ0) is 12.3. The van der Waals surface area contributed by atoms with Crippen molar-refractivity contribution < 1.29 is 8.42 Å². The Morgan fingerprint density at radius 2 is 2.00 bits per heavy atom. The lowest BCUT2D eigenvalue weighted by atomic mass is 10.2. The molecule has 1 aliphatic rings. The van der Waals surface area contributed by atoms with Crippen LogP contribution < -0.4 is 10.6 Å². The second kappa shape index (κ2) is 5.01. The first-order chi connectivity index (χ1) is 8.11. The molecule has 0 spiro atoms. The normalized spacial score (nSPS) is 19.2. The van der Waals surface area contributed by atoms with Crippen LogP contribution in [-0.2, 0) is 16.3 Å².